The Morgan fingerprint density at radius 3 is 3.00 bits per heavy atom. The van der Waals surface area contributed by atoms with Gasteiger partial charge < -0.3 is 4.57 Å². The van der Waals surface area contributed by atoms with Gasteiger partial charge in [-0.2, -0.15) is 0 Å². The van der Waals surface area contributed by atoms with Gasteiger partial charge in [0.05, 0.1) is 6.33 Å². The second-order valence-electron chi connectivity index (χ2n) is 3.11. The highest BCUT2D eigenvalue weighted by atomic mass is 35.5. The molecule has 0 N–H and O–H groups in total. The van der Waals surface area contributed by atoms with Gasteiger partial charge in [0.25, 0.3) is 0 Å². The van der Waals surface area contributed by atoms with Crippen molar-refractivity contribution in [2.24, 2.45) is 0 Å². The molecule has 0 unspecified atom stereocenters. The van der Waals surface area contributed by atoms with Gasteiger partial charge in [-0.1, -0.05) is 30.7 Å². The Labute approximate surface area is 92.6 Å². The Morgan fingerprint density at radius 2 is 2.20 bits per heavy atom. The van der Waals surface area contributed by atoms with Gasteiger partial charge in [0.1, 0.15) is 11.8 Å². The van der Waals surface area contributed by atoms with Crippen molar-refractivity contribution in [1.29, 1.82) is 0 Å². The molecule has 0 bridgehead atoms. The van der Waals surface area contributed by atoms with E-state index in [1.807, 2.05) is 4.57 Å². The van der Waals surface area contributed by atoms with Crippen LogP contribution in [0.3, 0.4) is 0 Å². The molecular formula is C10H11ClN4. The minimum atomic E-state index is 0.447. The van der Waals surface area contributed by atoms with Crippen LogP contribution in [0.25, 0.3) is 11.2 Å². The molecule has 2 aromatic heterocycles. The minimum absolute atomic E-state index is 0.447. The fraction of sp³-hybridized carbons (Fsp3) is 0.300. The number of halogens is 1. The van der Waals surface area contributed by atoms with Crippen molar-refractivity contribution in [2.45, 2.75) is 19.9 Å². The molecule has 2 rings (SSSR count). The number of aromatic nitrogens is 4. The molecule has 0 aliphatic carbocycles. The van der Waals surface area contributed by atoms with E-state index in [2.05, 4.69) is 34.0 Å². The van der Waals surface area contributed by atoms with Gasteiger partial charge in [-0.25, -0.2) is 15.0 Å². The predicted molar refractivity (Wildman–Crippen MR) is 59.8 cm³/mol. The van der Waals surface area contributed by atoms with Crippen molar-refractivity contribution in [3.63, 3.8) is 0 Å². The Kier molecular flexibility index (Phi) is 2.97. The number of rotatable bonds is 3. The average Bonchev–Trinajstić information content (AvgIpc) is 2.63. The van der Waals surface area contributed by atoms with Crippen molar-refractivity contribution in [2.75, 3.05) is 0 Å². The monoisotopic (exact) mass is 222 g/mol. The normalized spacial score (nSPS) is 11.6. The highest BCUT2D eigenvalue weighted by Gasteiger charge is 2.06. The van der Waals surface area contributed by atoms with E-state index < -0.39 is 0 Å². The lowest BCUT2D eigenvalue weighted by molar-refractivity contribution is 0.844. The molecule has 0 spiro atoms. The summed E-state index contributed by atoms with van der Waals surface area (Å²) in [6.45, 7) is 2.84. The maximum Gasteiger partial charge on any atom is 0.182 e. The third kappa shape index (κ3) is 1.99. The molecule has 4 nitrogen and oxygen atoms in total. The van der Waals surface area contributed by atoms with Crippen LogP contribution in [0.4, 0.5) is 0 Å². The molecule has 0 aliphatic heterocycles. The lowest BCUT2D eigenvalue weighted by atomic mass is 10.4. The van der Waals surface area contributed by atoms with Crippen LogP contribution in [0.15, 0.2) is 24.8 Å². The summed E-state index contributed by atoms with van der Waals surface area (Å²) in [4.78, 5) is 12.1. The van der Waals surface area contributed by atoms with E-state index in [0.717, 1.165) is 18.5 Å². The van der Waals surface area contributed by atoms with Crippen molar-refractivity contribution in [1.82, 2.24) is 19.5 Å². The summed E-state index contributed by atoms with van der Waals surface area (Å²) in [5.41, 5.74) is 1.43. The van der Waals surface area contributed by atoms with E-state index in [-0.39, 0.29) is 0 Å². The molecule has 0 aromatic carbocycles. The maximum atomic E-state index is 5.98. The van der Waals surface area contributed by atoms with E-state index in [9.17, 15) is 0 Å². The van der Waals surface area contributed by atoms with Crippen LogP contribution in [0.2, 0.25) is 5.15 Å². The van der Waals surface area contributed by atoms with E-state index in [1.54, 1.807) is 6.33 Å². The Morgan fingerprint density at radius 1 is 1.33 bits per heavy atom. The van der Waals surface area contributed by atoms with Crippen LogP contribution >= 0.6 is 11.6 Å². The standard InChI is InChI=1S/C10H11ClN4/c1-2-3-4-5-15-7-14-10-8(15)9(11)12-6-13-10/h3-4,6-7H,2,5H2,1H3/b4-3-. The van der Waals surface area contributed by atoms with Crippen molar-refractivity contribution >= 4 is 22.8 Å². The van der Waals surface area contributed by atoms with E-state index >= 15 is 0 Å². The number of allylic oxidation sites excluding steroid dienone is 2. The first kappa shape index (κ1) is 10.1. The van der Waals surface area contributed by atoms with Gasteiger partial charge >= 0.3 is 0 Å². The van der Waals surface area contributed by atoms with Crippen LogP contribution in [0.5, 0.6) is 0 Å². The molecule has 15 heavy (non-hydrogen) atoms. The van der Waals surface area contributed by atoms with Crippen LogP contribution in [0, 0.1) is 0 Å². The highest BCUT2D eigenvalue weighted by Crippen LogP contribution is 2.17. The van der Waals surface area contributed by atoms with Crippen LogP contribution in [-0.4, -0.2) is 19.5 Å². The summed E-state index contributed by atoms with van der Waals surface area (Å²) in [5.74, 6) is 0. The fourth-order valence-corrected chi connectivity index (χ4v) is 1.60. The number of hydrogen-bond donors (Lipinski definition) is 0. The summed E-state index contributed by atoms with van der Waals surface area (Å²) >= 11 is 5.98. The zero-order valence-electron chi connectivity index (χ0n) is 8.39. The average molecular weight is 223 g/mol. The molecular weight excluding hydrogens is 212 g/mol. The second-order valence-corrected chi connectivity index (χ2v) is 3.47. The largest absolute Gasteiger partial charge is 0.323 e. The van der Waals surface area contributed by atoms with Crippen LogP contribution < -0.4 is 0 Å². The van der Waals surface area contributed by atoms with Crippen molar-refractivity contribution in [3.8, 4) is 0 Å². The van der Waals surface area contributed by atoms with Gasteiger partial charge in [0.2, 0.25) is 0 Å². The Hall–Kier alpha value is -1.42. The molecule has 0 atom stereocenters. The lowest BCUT2D eigenvalue weighted by Crippen LogP contribution is -1.94. The molecule has 0 saturated heterocycles. The van der Waals surface area contributed by atoms with E-state index in [4.69, 9.17) is 11.6 Å². The smallest absolute Gasteiger partial charge is 0.182 e. The first-order valence-electron chi connectivity index (χ1n) is 4.79. The quantitative estimate of drug-likeness (QED) is 0.592. The molecule has 78 valence electrons. The maximum absolute atomic E-state index is 5.98. The molecule has 0 saturated carbocycles. The summed E-state index contributed by atoms with van der Waals surface area (Å²) in [6, 6.07) is 0. The number of hydrogen-bond acceptors (Lipinski definition) is 3. The topological polar surface area (TPSA) is 43.6 Å². The SMILES string of the molecule is CC/C=C\Cn1cnc2ncnc(Cl)c21. The number of nitrogens with zero attached hydrogens (tertiary/aromatic N) is 4. The molecule has 0 amide bonds. The summed E-state index contributed by atoms with van der Waals surface area (Å²) in [6.07, 6.45) is 8.35. The molecule has 2 aromatic rings. The lowest BCUT2D eigenvalue weighted by Gasteiger charge is -1.99. The zero-order valence-corrected chi connectivity index (χ0v) is 9.15. The minimum Gasteiger partial charge on any atom is -0.323 e. The molecule has 2 heterocycles. The predicted octanol–water partition coefficient (Wildman–Crippen LogP) is 2.45. The van der Waals surface area contributed by atoms with Gasteiger partial charge in [-0.05, 0) is 6.42 Å². The molecule has 0 aliphatic rings. The van der Waals surface area contributed by atoms with Gasteiger partial charge in [-0.3, -0.25) is 0 Å². The van der Waals surface area contributed by atoms with Gasteiger partial charge in [-0.15, -0.1) is 0 Å². The summed E-state index contributed by atoms with van der Waals surface area (Å²) < 4.78 is 1.93. The van der Waals surface area contributed by atoms with Crippen molar-refractivity contribution < 1.29 is 0 Å². The Bertz CT molecular complexity index is 489. The van der Waals surface area contributed by atoms with Crippen LogP contribution in [-0.2, 0) is 6.54 Å². The first-order chi connectivity index (χ1) is 7.33. The highest BCUT2D eigenvalue weighted by molar-refractivity contribution is 6.33. The third-order valence-electron chi connectivity index (χ3n) is 2.07. The second kappa shape index (κ2) is 4.40. The molecule has 0 fully saturated rings. The van der Waals surface area contributed by atoms with Gasteiger partial charge in [0, 0.05) is 6.54 Å². The van der Waals surface area contributed by atoms with Crippen molar-refractivity contribution in [3.05, 3.63) is 30.0 Å². The summed E-state index contributed by atoms with van der Waals surface area (Å²) in [5, 5.41) is 0.447. The first-order valence-corrected chi connectivity index (χ1v) is 5.17. The van der Waals surface area contributed by atoms with E-state index in [1.165, 1.54) is 6.33 Å². The number of imidazole rings is 1. The summed E-state index contributed by atoms with van der Waals surface area (Å²) in [7, 11) is 0. The molecule has 0 radical (unpaired) electrons. The fourth-order valence-electron chi connectivity index (χ4n) is 1.37. The van der Waals surface area contributed by atoms with E-state index in [0.29, 0.717) is 10.8 Å². The third-order valence-corrected chi connectivity index (χ3v) is 2.35. The van der Waals surface area contributed by atoms with Crippen LogP contribution in [0.1, 0.15) is 13.3 Å². The molecule has 5 heteroatoms. The number of fused-ring (bicyclic) bond motifs is 1. The van der Waals surface area contributed by atoms with Gasteiger partial charge in [0.15, 0.2) is 10.8 Å². The Balaban J connectivity index is 2.39. The zero-order chi connectivity index (χ0) is 10.7.